The van der Waals surface area contributed by atoms with Crippen LogP contribution in [-0.4, -0.2) is 122 Å². The van der Waals surface area contributed by atoms with E-state index in [-0.39, 0.29) is 48.3 Å². The lowest BCUT2D eigenvalue weighted by molar-refractivity contribution is -0.148. The van der Waals surface area contributed by atoms with Gasteiger partial charge in [0.1, 0.15) is 12.1 Å². The van der Waals surface area contributed by atoms with Gasteiger partial charge < -0.3 is 40.3 Å². The van der Waals surface area contributed by atoms with Crippen LogP contribution in [-0.2, 0) is 39.9 Å². The molecule has 1 aliphatic heterocycles. The van der Waals surface area contributed by atoms with Crippen LogP contribution >= 0.6 is 11.6 Å². The van der Waals surface area contributed by atoms with Crippen molar-refractivity contribution in [1.82, 2.24) is 25.8 Å². The lowest BCUT2D eigenvalue weighted by Crippen LogP contribution is -2.59. The van der Waals surface area contributed by atoms with Crippen LogP contribution in [0.3, 0.4) is 0 Å². The van der Waals surface area contributed by atoms with E-state index in [1.807, 2.05) is 41.5 Å². The predicted molar refractivity (Wildman–Crippen MR) is 205 cm³/mol. The molecule has 0 spiro atoms. The molecule has 4 amide bonds. The predicted octanol–water partition coefficient (Wildman–Crippen LogP) is 3.76. The number of nitrogens with zero attached hydrogens (tertiary/aromatic N) is 2. The van der Waals surface area contributed by atoms with Crippen molar-refractivity contribution in [2.24, 2.45) is 23.7 Å². The van der Waals surface area contributed by atoms with Gasteiger partial charge in [-0.1, -0.05) is 78.6 Å². The first-order valence-electron chi connectivity index (χ1n) is 18.8. The molecule has 5 unspecified atom stereocenters. The largest absolute Gasteiger partial charge is 0.480 e. The molecule has 9 atom stereocenters. The van der Waals surface area contributed by atoms with Crippen LogP contribution < -0.4 is 16.0 Å². The standard InChI is InChI=1S/C39H64ClN5O8/c1-12-24(6)34(44(9)38(49)33(23(4)5)43-37(48)32(41-8)22(2)3)30(52-10)21-31(46)45-18-14-17-29(45)35(53-11)25(7)36(47)42-28(39(50)51)20-26-15-13-16-27(40)19-26/h13,15-16,19,22-25,28-30,32-35,41H,12,14,17-18,20-21H2,1-11H3,(H,42,47)(H,43,48)(H,50,51)/t24?,25-,28?,29+,30?,32+,33+,34?,35?/m1/s1. The van der Waals surface area contributed by atoms with E-state index in [4.69, 9.17) is 21.1 Å². The van der Waals surface area contributed by atoms with Gasteiger partial charge in [-0.25, -0.2) is 4.79 Å². The van der Waals surface area contributed by atoms with E-state index in [9.17, 15) is 29.1 Å². The van der Waals surface area contributed by atoms with E-state index in [1.54, 1.807) is 55.1 Å². The molecule has 4 N–H and O–H groups in total. The number of ether oxygens (including phenoxy) is 2. The average Bonchev–Trinajstić information content (AvgIpc) is 3.59. The highest BCUT2D eigenvalue weighted by atomic mass is 35.5. The minimum absolute atomic E-state index is 0.0169. The smallest absolute Gasteiger partial charge is 0.326 e. The summed E-state index contributed by atoms with van der Waals surface area (Å²) in [5.74, 6) is -3.41. The summed E-state index contributed by atoms with van der Waals surface area (Å²) >= 11 is 6.08. The van der Waals surface area contributed by atoms with Crippen molar-refractivity contribution in [1.29, 1.82) is 0 Å². The zero-order chi connectivity index (χ0) is 40.2. The van der Waals surface area contributed by atoms with Gasteiger partial charge in [0.05, 0.1) is 42.7 Å². The van der Waals surface area contributed by atoms with Gasteiger partial charge in [-0.05, 0) is 55.3 Å². The Bertz CT molecular complexity index is 1380. The number of aliphatic carboxylic acids is 1. The van der Waals surface area contributed by atoms with E-state index >= 15 is 0 Å². The number of carbonyl (C=O) groups is 5. The topological polar surface area (TPSA) is 167 Å². The summed E-state index contributed by atoms with van der Waals surface area (Å²) in [5, 5.41) is 19.0. The molecule has 0 aromatic heterocycles. The van der Waals surface area contributed by atoms with Crippen molar-refractivity contribution in [3.63, 3.8) is 0 Å². The quantitative estimate of drug-likeness (QED) is 0.146. The zero-order valence-corrected chi connectivity index (χ0v) is 34.2. The number of benzene rings is 1. The number of hydrogen-bond donors (Lipinski definition) is 4. The Morgan fingerprint density at radius 1 is 0.981 bits per heavy atom. The number of methoxy groups -OCH3 is 2. The van der Waals surface area contributed by atoms with Gasteiger partial charge in [0.25, 0.3) is 0 Å². The molecule has 1 heterocycles. The van der Waals surface area contributed by atoms with Crippen LogP contribution in [0.4, 0.5) is 0 Å². The maximum Gasteiger partial charge on any atom is 0.326 e. The molecule has 14 heteroatoms. The monoisotopic (exact) mass is 765 g/mol. The molecule has 300 valence electrons. The zero-order valence-electron chi connectivity index (χ0n) is 33.5. The van der Waals surface area contributed by atoms with Crippen LogP contribution in [0.15, 0.2) is 24.3 Å². The number of likely N-dealkylation sites (N-methyl/N-ethyl adjacent to an activating group) is 2. The number of rotatable bonds is 21. The van der Waals surface area contributed by atoms with E-state index < -0.39 is 60.2 Å². The molecule has 1 aromatic carbocycles. The number of nitrogens with one attached hydrogen (secondary N) is 3. The third kappa shape index (κ3) is 12.4. The summed E-state index contributed by atoms with van der Waals surface area (Å²) in [7, 11) is 6.43. The Morgan fingerprint density at radius 2 is 1.62 bits per heavy atom. The summed E-state index contributed by atoms with van der Waals surface area (Å²) in [4.78, 5) is 70.4. The van der Waals surface area contributed by atoms with Crippen LogP contribution in [0.2, 0.25) is 5.02 Å². The van der Waals surface area contributed by atoms with E-state index in [0.29, 0.717) is 36.4 Å². The highest BCUT2D eigenvalue weighted by Crippen LogP contribution is 2.30. The van der Waals surface area contributed by atoms with Gasteiger partial charge in [0.15, 0.2) is 0 Å². The fourth-order valence-corrected chi connectivity index (χ4v) is 7.67. The molecule has 0 saturated carbocycles. The van der Waals surface area contributed by atoms with E-state index in [0.717, 1.165) is 0 Å². The van der Waals surface area contributed by atoms with Crippen LogP contribution in [0, 0.1) is 23.7 Å². The molecule has 53 heavy (non-hydrogen) atoms. The Labute approximate surface area is 321 Å². The SMILES string of the molecule is CCC(C)C(C(CC(=O)N1CCC[C@H]1C(OC)[C@@H](C)C(=O)NC(Cc1cccc(Cl)c1)C(=O)O)OC)N(C)C(=O)[C@@H](NC(=O)[C@@H](NC)C(C)C)C(C)C. The lowest BCUT2D eigenvalue weighted by Gasteiger charge is -2.41. The molecule has 0 radical (unpaired) electrons. The van der Waals surface area contributed by atoms with Gasteiger partial charge in [-0.3, -0.25) is 19.2 Å². The average molecular weight is 766 g/mol. The fraction of sp³-hybridized carbons (Fsp3) is 0.718. The van der Waals surface area contributed by atoms with Gasteiger partial charge in [-0.15, -0.1) is 0 Å². The summed E-state index contributed by atoms with van der Waals surface area (Å²) in [6.07, 6.45) is 0.654. The maximum atomic E-state index is 14.1. The molecule has 1 aliphatic rings. The number of carboxylic acid groups (broad SMARTS) is 1. The minimum Gasteiger partial charge on any atom is -0.480 e. The van der Waals surface area contributed by atoms with E-state index in [2.05, 4.69) is 16.0 Å². The number of hydrogen-bond acceptors (Lipinski definition) is 8. The van der Waals surface area contributed by atoms with E-state index in [1.165, 1.54) is 14.2 Å². The van der Waals surface area contributed by atoms with Crippen molar-refractivity contribution in [3.8, 4) is 0 Å². The maximum absolute atomic E-state index is 14.1. The highest BCUT2D eigenvalue weighted by Gasteiger charge is 2.43. The highest BCUT2D eigenvalue weighted by molar-refractivity contribution is 6.30. The Kier molecular flexibility index (Phi) is 18.7. The second-order valence-electron chi connectivity index (χ2n) is 15.1. The van der Waals surface area contributed by atoms with Crippen LogP contribution in [0.5, 0.6) is 0 Å². The van der Waals surface area contributed by atoms with Crippen molar-refractivity contribution in [3.05, 3.63) is 34.9 Å². The van der Waals surface area contributed by atoms with Gasteiger partial charge in [-0.2, -0.15) is 0 Å². The Balaban J connectivity index is 2.27. The van der Waals surface area contributed by atoms with Crippen molar-refractivity contribution >= 4 is 41.2 Å². The van der Waals surface area contributed by atoms with Crippen molar-refractivity contribution in [2.75, 3.05) is 34.9 Å². The fourth-order valence-electron chi connectivity index (χ4n) is 7.45. The second-order valence-corrected chi connectivity index (χ2v) is 15.5. The van der Waals surface area contributed by atoms with Gasteiger partial charge >= 0.3 is 5.97 Å². The molecular formula is C39H64ClN5O8. The normalized spacial score (nSPS) is 19.1. The number of carbonyl (C=O) groups excluding carboxylic acids is 4. The number of likely N-dealkylation sites (tertiary alicyclic amines) is 1. The minimum atomic E-state index is -1.19. The Morgan fingerprint density at radius 3 is 2.13 bits per heavy atom. The molecule has 0 bridgehead atoms. The van der Waals surface area contributed by atoms with Crippen molar-refractivity contribution in [2.45, 2.75) is 123 Å². The molecule has 1 fully saturated rings. The number of amides is 4. The summed E-state index contributed by atoms with van der Waals surface area (Å²) in [6, 6.07) is 3.45. The third-order valence-electron chi connectivity index (χ3n) is 10.7. The third-order valence-corrected chi connectivity index (χ3v) is 10.9. The summed E-state index contributed by atoms with van der Waals surface area (Å²) < 4.78 is 11.8. The van der Waals surface area contributed by atoms with Gasteiger partial charge in [0.2, 0.25) is 23.6 Å². The lowest BCUT2D eigenvalue weighted by atomic mass is 9.89. The summed E-state index contributed by atoms with van der Waals surface area (Å²) in [6.45, 7) is 13.8. The van der Waals surface area contributed by atoms with Gasteiger partial charge in [0, 0.05) is 39.3 Å². The Hall–Kier alpha value is -3.26. The van der Waals surface area contributed by atoms with Crippen molar-refractivity contribution < 1.29 is 38.6 Å². The molecular weight excluding hydrogens is 702 g/mol. The van der Waals surface area contributed by atoms with Crippen LogP contribution in [0.1, 0.15) is 79.7 Å². The number of halogens is 1. The molecule has 1 aromatic rings. The number of carboxylic acids is 1. The first kappa shape index (κ1) is 45.9. The molecule has 13 nitrogen and oxygen atoms in total. The second kappa shape index (κ2) is 21.6. The first-order valence-corrected chi connectivity index (χ1v) is 19.2. The molecule has 1 saturated heterocycles. The molecule has 2 rings (SSSR count). The van der Waals surface area contributed by atoms with Crippen LogP contribution in [0.25, 0.3) is 0 Å². The summed E-state index contributed by atoms with van der Waals surface area (Å²) in [5.41, 5.74) is 0.669. The first-order chi connectivity index (χ1) is 24.9. The molecule has 0 aliphatic carbocycles.